The minimum atomic E-state index is -1.05. The van der Waals surface area contributed by atoms with Crippen LogP contribution in [0.4, 0.5) is 0 Å². The molecule has 23 heavy (non-hydrogen) atoms. The van der Waals surface area contributed by atoms with Crippen molar-refractivity contribution in [1.82, 2.24) is 9.88 Å². The number of halogens is 1. The van der Waals surface area contributed by atoms with E-state index in [4.69, 9.17) is 16.7 Å². The first-order chi connectivity index (χ1) is 11.0. The van der Waals surface area contributed by atoms with Gasteiger partial charge in [0.15, 0.2) is 0 Å². The number of aromatic nitrogens is 1. The van der Waals surface area contributed by atoms with Gasteiger partial charge < -0.3 is 10.0 Å². The zero-order valence-electron chi connectivity index (χ0n) is 12.7. The van der Waals surface area contributed by atoms with Crippen LogP contribution < -0.4 is 0 Å². The van der Waals surface area contributed by atoms with Crippen LogP contribution in [0.1, 0.15) is 33.6 Å². The molecule has 0 saturated heterocycles. The highest BCUT2D eigenvalue weighted by molar-refractivity contribution is 7.13. The zero-order chi connectivity index (χ0) is 16.8. The van der Waals surface area contributed by atoms with Crippen molar-refractivity contribution >= 4 is 34.8 Å². The lowest BCUT2D eigenvalue weighted by atomic mass is 10.2. The molecule has 1 aromatic carbocycles. The van der Waals surface area contributed by atoms with Crippen LogP contribution in [0, 0.1) is 0 Å². The lowest BCUT2D eigenvalue weighted by Gasteiger charge is -2.20. The number of carboxylic acid groups (broad SMARTS) is 1. The maximum absolute atomic E-state index is 12.6. The number of thiazole rings is 1. The summed E-state index contributed by atoms with van der Waals surface area (Å²) in [6.45, 7) is 1.89. The van der Waals surface area contributed by atoms with Crippen LogP contribution >= 0.6 is 22.9 Å². The lowest BCUT2D eigenvalue weighted by molar-refractivity contribution is -0.137. The summed E-state index contributed by atoms with van der Waals surface area (Å²) in [5.41, 5.74) is 0.822. The van der Waals surface area contributed by atoms with Crippen LogP contribution in [0.2, 0.25) is 5.02 Å². The Bertz CT molecular complexity index is 685. The number of nitrogens with zero attached hydrogens (tertiary/aromatic N) is 2. The molecule has 0 bridgehead atoms. The maximum Gasteiger partial charge on any atom is 0.323 e. The van der Waals surface area contributed by atoms with Crippen LogP contribution in [0.25, 0.3) is 0 Å². The van der Waals surface area contributed by atoms with Crippen molar-refractivity contribution in [2.45, 2.75) is 26.3 Å². The van der Waals surface area contributed by atoms with Crippen molar-refractivity contribution in [2.75, 3.05) is 6.54 Å². The molecule has 7 heteroatoms. The van der Waals surface area contributed by atoms with Crippen molar-refractivity contribution in [1.29, 1.82) is 0 Å². The largest absolute Gasteiger partial charge is 0.480 e. The molecule has 1 heterocycles. The normalized spacial score (nSPS) is 10.5. The Kier molecular flexibility index (Phi) is 6.12. The molecule has 1 amide bonds. The first-order valence-electron chi connectivity index (χ1n) is 7.19. The third kappa shape index (κ3) is 5.04. The Hall–Kier alpha value is -1.92. The molecule has 2 rings (SSSR count). The van der Waals surface area contributed by atoms with E-state index >= 15 is 0 Å². The number of amides is 1. The summed E-state index contributed by atoms with van der Waals surface area (Å²) < 4.78 is 0. The van der Waals surface area contributed by atoms with Gasteiger partial charge in [-0.3, -0.25) is 9.59 Å². The minimum Gasteiger partial charge on any atom is -0.480 e. The molecule has 122 valence electrons. The molecular weight excluding hydrogens is 336 g/mol. The van der Waals surface area contributed by atoms with Gasteiger partial charge in [0.1, 0.15) is 11.4 Å². The van der Waals surface area contributed by atoms with Gasteiger partial charge in [0.25, 0.3) is 5.91 Å². The molecule has 0 aliphatic rings. The molecule has 0 aliphatic heterocycles. The Morgan fingerprint density at radius 3 is 2.61 bits per heavy atom. The molecule has 0 spiro atoms. The summed E-state index contributed by atoms with van der Waals surface area (Å²) in [7, 11) is 0. The van der Waals surface area contributed by atoms with Gasteiger partial charge in [-0.05, 0) is 30.5 Å². The van der Waals surface area contributed by atoms with Crippen molar-refractivity contribution in [3.05, 3.63) is 50.9 Å². The van der Waals surface area contributed by atoms with Crippen LogP contribution in [-0.4, -0.2) is 33.4 Å². The minimum absolute atomic E-state index is 0.212. The fourth-order valence-electron chi connectivity index (χ4n) is 2.07. The van der Waals surface area contributed by atoms with E-state index in [9.17, 15) is 9.59 Å². The van der Waals surface area contributed by atoms with Crippen LogP contribution in [0.15, 0.2) is 30.5 Å². The van der Waals surface area contributed by atoms with E-state index < -0.39 is 5.97 Å². The number of carbonyl (C=O) groups is 2. The van der Waals surface area contributed by atoms with Crippen molar-refractivity contribution < 1.29 is 14.7 Å². The quantitative estimate of drug-likeness (QED) is 0.828. The number of aryl methyl sites for hydroxylation is 1. The molecular formula is C16H17ClN2O3S. The molecule has 0 unspecified atom stereocenters. The number of benzene rings is 1. The van der Waals surface area contributed by atoms with Gasteiger partial charge in [-0.15, -0.1) is 11.3 Å². The Morgan fingerprint density at radius 2 is 2.00 bits per heavy atom. The number of carboxylic acids is 1. The molecule has 0 radical (unpaired) electrons. The van der Waals surface area contributed by atoms with Gasteiger partial charge in [-0.1, -0.05) is 30.7 Å². The average Bonchev–Trinajstić information content (AvgIpc) is 2.96. The van der Waals surface area contributed by atoms with Gasteiger partial charge >= 0.3 is 5.97 Å². The average molecular weight is 353 g/mol. The van der Waals surface area contributed by atoms with Gasteiger partial charge in [0, 0.05) is 11.6 Å². The second kappa shape index (κ2) is 8.08. The van der Waals surface area contributed by atoms with Crippen LogP contribution in [0.3, 0.4) is 0 Å². The highest BCUT2D eigenvalue weighted by atomic mass is 35.5. The van der Waals surface area contributed by atoms with E-state index in [1.807, 2.05) is 6.92 Å². The molecule has 1 aromatic heterocycles. The first-order valence-corrected chi connectivity index (χ1v) is 8.39. The molecule has 0 atom stereocenters. The standard InChI is InChI=1S/C16H17ClN2O3S/c1-2-3-14-18-8-13(23-14)16(22)19(10-15(20)21)9-11-4-6-12(17)7-5-11/h4-8H,2-3,9-10H2,1H3,(H,20,21). The Labute approximate surface area is 143 Å². The monoisotopic (exact) mass is 352 g/mol. The van der Waals surface area contributed by atoms with E-state index in [1.165, 1.54) is 22.4 Å². The third-order valence-corrected chi connectivity index (χ3v) is 4.43. The molecule has 5 nitrogen and oxygen atoms in total. The van der Waals surface area contributed by atoms with Crippen LogP contribution in [-0.2, 0) is 17.8 Å². The van der Waals surface area contributed by atoms with E-state index in [0.717, 1.165) is 23.4 Å². The number of rotatable bonds is 7. The van der Waals surface area contributed by atoms with Gasteiger partial charge in [0.2, 0.25) is 0 Å². The van der Waals surface area contributed by atoms with Crippen molar-refractivity contribution in [3.63, 3.8) is 0 Å². The predicted molar refractivity (Wildman–Crippen MR) is 89.9 cm³/mol. The van der Waals surface area contributed by atoms with E-state index in [-0.39, 0.29) is 19.0 Å². The van der Waals surface area contributed by atoms with Gasteiger partial charge in [0.05, 0.1) is 11.2 Å². The lowest BCUT2D eigenvalue weighted by Crippen LogP contribution is -2.34. The van der Waals surface area contributed by atoms with Crippen LogP contribution in [0.5, 0.6) is 0 Å². The number of carbonyl (C=O) groups excluding carboxylic acids is 1. The maximum atomic E-state index is 12.6. The fraction of sp³-hybridized carbons (Fsp3) is 0.312. The summed E-state index contributed by atoms with van der Waals surface area (Å²) in [5.74, 6) is -1.37. The predicted octanol–water partition coefficient (Wildman–Crippen LogP) is 3.48. The Balaban J connectivity index is 2.17. The van der Waals surface area contributed by atoms with Crippen molar-refractivity contribution in [3.8, 4) is 0 Å². The third-order valence-electron chi connectivity index (χ3n) is 3.13. The SMILES string of the molecule is CCCc1ncc(C(=O)N(CC(=O)O)Cc2ccc(Cl)cc2)s1. The first kappa shape index (κ1) is 17.4. The zero-order valence-corrected chi connectivity index (χ0v) is 14.2. The summed E-state index contributed by atoms with van der Waals surface area (Å²) in [6, 6.07) is 6.98. The smallest absolute Gasteiger partial charge is 0.323 e. The molecule has 0 fully saturated rings. The highest BCUT2D eigenvalue weighted by Gasteiger charge is 2.21. The fourth-order valence-corrected chi connectivity index (χ4v) is 3.18. The van der Waals surface area contributed by atoms with E-state index in [2.05, 4.69) is 4.98 Å². The molecule has 2 aromatic rings. The molecule has 0 aliphatic carbocycles. The number of hydrogen-bond donors (Lipinski definition) is 1. The second-order valence-corrected chi connectivity index (χ2v) is 6.60. The number of aliphatic carboxylic acids is 1. The van der Waals surface area contributed by atoms with E-state index in [0.29, 0.717) is 9.90 Å². The summed E-state index contributed by atoms with van der Waals surface area (Å²) in [6.07, 6.45) is 3.29. The van der Waals surface area contributed by atoms with Gasteiger partial charge in [-0.2, -0.15) is 0 Å². The molecule has 0 saturated carbocycles. The van der Waals surface area contributed by atoms with Crippen molar-refractivity contribution in [2.24, 2.45) is 0 Å². The highest BCUT2D eigenvalue weighted by Crippen LogP contribution is 2.19. The second-order valence-electron chi connectivity index (χ2n) is 5.05. The summed E-state index contributed by atoms with van der Waals surface area (Å²) in [5, 5.41) is 10.5. The summed E-state index contributed by atoms with van der Waals surface area (Å²) in [4.78, 5) is 29.6. The Morgan fingerprint density at radius 1 is 1.30 bits per heavy atom. The molecule has 1 N–H and O–H groups in total. The number of hydrogen-bond acceptors (Lipinski definition) is 4. The van der Waals surface area contributed by atoms with E-state index in [1.54, 1.807) is 24.3 Å². The van der Waals surface area contributed by atoms with Gasteiger partial charge in [-0.25, -0.2) is 4.98 Å². The topological polar surface area (TPSA) is 70.5 Å². The summed E-state index contributed by atoms with van der Waals surface area (Å²) >= 11 is 7.16.